The first kappa shape index (κ1) is 10.3. The van der Waals surface area contributed by atoms with Crippen molar-refractivity contribution in [1.29, 1.82) is 0 Å². The minimum Gasteiger partial charge on any atom is -0.478 e. The topological polar surface area (TPSA) is 37.3 Å². The largest absolute Gasteiger partial charge is 0.478 e. The molecule has 13 heavy (non-hydrogen) atoms. The molecule has 0 radical (unpaired) electrons. The highest BCUT2D eigenvalue weighted by Gasteiger charge is 2.27. The average molecular weight is 182 g/mol. The molecule has 1 rings (SSSR count). The molecule has 0 aromatic heterocycles. The molecule has 1 N–H and O–H groups in total. The summed E-state index contributed by atoms with van der Waals surface area (Å²) in [5.41, 5.74) is 0.904. The van der Waals surface area contributed by atoms with Crippen LogP contribution in [-0.2, 0) is 4.79 Å². The number of aliphatic carboxylic acids is 1. The van der Waals surface area contributed by atoms with E-state index in [1.165, 1.54) is 0 Å². The summed E-state index contributed by atoms with van der Waals surface area (Å²) in [6, 6.07) is 0. The smallest absolute Gasteiger partial charge is 0.331 e. The Kier molecular flexibility index (Phi) is 2.79. The fourth-order valence-electron chi connectivity index (χ4n) is 1.81. The lowest BCUT2D eigenvalue weighted by Gasteiger charge is -2.32. The van der Waals surface area contributed by atoms with Crippen LogP contribution in [0.4, 0.5) is 0 Å². The van der Waals surface area contributed by atoms with Crippen LogP contribution in [0.1, 0.15) is 40.0 Å². The van der Waals surface area contributed by atoms with Crippen molar-refractivity contribution in [2.75, 3.05) is 0 Å². The molecule has 0 saturated carbocycles. The number of allylic oxidation sites excluding steroid dienone is 1. The maximum atomic E-state index is 10.6. The summed E-state index contributed by atoms with van der Waals surface area (Å²) in [6.45, 7) is 6.66. The third-order valence-electron chi connectivity index (χ3n) is 2.91. The van der Waals surface area contributed by atoms with Gasteiger partial charge in [0, 0.05) is 5.57 Å². The molecule has 0 aliphatic heterocycles. The second-order valence-electron chi connectivity index (χ2n) is 4.87. The van der Waals surface area contributed by atoms with Crippen LogP contribution in [-0.4, -0.2) is 11.1 Å². The van der Waals surface area contributed by atoms with Gasteiger partial charge in [-0.25, -0.2) is 4.79 Å². The molecule has 0 aromatic carbocycles. The van der Waals surface area contributed by atoms with Crippen LogP contribution < -0.4 is 0 Å². The standard InChI is InChI=1S/C11H18O2/c1-11(2,3)9-6-4-8(5-7-9)10(12)13/h4,9H,5-7H2,1-3H3,(H,12,13)/t9-/m1/s1. The lowest BCUT2D eigenvalue weighted by Crippen LogP contribution is -2.23. The molecule has 74 valence electrons. The lowest BCUT2D eigenvalue weighted by atomic mass is 9.73. The van der Waals surface area contributed by atoms with E-state index in [9.17, 15) is 4.79 Å². The van der Waals surface area contributed by atoms with E-state index < -0.39 is 5.97 Å². The summed E-state index contributed by atoms with van der Waals surface area (Å²) in [4.78, 5) is 10.6. The van der Waals surface area contributed by atoms with E-state index in [1.54, 1.807) is 0 Å². The van der Waals surface area contributed by atoms with Crippen LogP contribution >= 0.6 is 0 Å². The zero-order valence-electron chi connectivity index (χ0n) is 8.63. The van der Waals surface area contributed by atoms with Crippen molar-refractivity contribution in [1.82, 2.24) is 0 Å². The van der Waals surface area contributed by atoms with E-state index in [0.717, 1.165) is 19.3 Å². The van der Waals surface area contributed by atoms with Crippen molar-refractivity contribution < 1.29 is 9.90 Å². The second kappa shape index (κ2) is 3.52. The van der Waals surface area contributed by atoms with Crippen molar-refractivity contribution in [2.24, 2.45) is 11.3 Å². The molecule has 1 atom stereocenters. The SMILES string of the molecule is CC(C)(C)[C@@H]1CC=C(C(=O)O)CC1. The maximum absolute atomic E-state index is 10.6. The Morgan fingerprint density at radius 3 is 2.46 bits per heavy atom. The minimum atomic E-state index is -0.743. The molecule has 0 unspecified atom stereocenters. The molecule has 2 nitrogen and oxygen atoms in total. The maximum Gasteiger partial charge on any atom is 0.331 e. The van der Waals surface area contributed by atoms with Crippen LogP contribution in [0.3, 0.4) is 0 Å². The summed E-state index contributed by atoms with van der Waals surface area (Å²) in [5.74, 6) is -0.108. The summed E-state index contributed by atoms with van der Waals surface area (Å²) < 4.78 is 0. The zero-order chi connectivity index (χ0) is 10.1. The Bertz CT molecular complexity index is 233. The van der Waals surface area contributed by atoms with Gasteiger partial charge in [0.15, 0.2) is 0 Å². The first-order valence-corrected chi connectivity index (χ1v) is 4.83. The van der Waals surface area contributed by atoms with E-state index in [4.69, 9.17) is 5.11 Å². The van der Waals surface area contributed by atoms with Crippen LogP contribution in [0.2, 0.25) is 0 Å². The van der Waals surface area contributed by atoms with E-state index in [2.05, 4.69) is 20.8 Å². The summed E-state index contributed by atoms with van der Waals surface area (Å²) in [5, 5.41) is 8.76. The number of rotatable bonds is 1. The van der Waals surface area contributed by atoms with Gasteiger partial charge in [0.05, 0.1) is 0 Å². The minimum absolute atomic E-state index is 0.306. The number of hydrogen-bond acceptors (Lipinski definition) is 1. The van der Waals surface area contributed by atoms with Crippen LogP contribution in [0.25, 0.3) is 0 Å². The molecular formula is C11H18O2. The van der Waals surface area contributed by atoms with Crippen molar-refractivity contribution in [3.8, 4) is 0 Å². The molecule has 0 heterocycles. The zero-order valence-corrected chi connectivity index (χ0v) is 8.63. The third-order valence-corrected chi connectivity index (χ3v) is 2.91. The lowest BCUT2D eigenvalue weighted by molar-refractivity contribution is -0.133. The van der Waals surface area contributed by atoms with Gasteiger partial charge in [0.1, 0.15) is 0 Å². The summed E-state index contributed by atoms with van der Waals surface area (Å²) in [7, 11) is 0. The van der Waals surface area contributed by atoms with Gasteiger partial charge < -0.3 is 5.11 Å². The Morgan fingerprint density at radius 1 is 1.54 bits per heavy atom. The van der Waals surface area contributed by atoms with E-state index >= 15 is 0 Å². The predicted molar refractivity (Wildman–Crippen MR) is 52.5 cm³/mol. The first-order chi connectivity index (χ1) is 5.91. The molecule has 0 fully saturated rings. The van der Waals surface area contributed by atoms with E-state index in [-0.39, 0.29) is 0 Å². The monoisotopic (exact) mass is 182 g/mol. The Balaban J connectivity index is 2.61. The molecule has 1 aliphatic rings. The van der Waals surface area contributed by atoms with Crippen LogP contribution in [0.15, 0.2) is 11.6 Å². The fraction of sp³-hybridized carbons (Fsp3) is 0.727. The fourth-order valence-corrected chi connectivity index (χ4v) is 1.81. The molecular weight excluding hydrogens is 164 g/mol. The number of carbonyl (C=O) groups is 1. The van der Waals surface area contributed by atoms with Crippen molar-refractivity contribution in [3.05, 3.63) is 11.6 Å². The van der Waals surface area contributed by atoms with Crippen molar-refractivity contribution in [2.45, 2.75) is 40.0 Å². The van der Waals surface area contributed by atoms with Crippen LogP contribution in [0.5, 0.6) is 0 Å². The molecule has 1 aliphatic carbocycles. The van der Waals surface area contributed by atoms with Crippen molar-refractivity contribution in [3.63, 3.8) is 0 Å². The van der Waals surface area contributed by atoms with Gasteiger partial charge in [-0.2, -0.15) is 0 Å². The van der Waals surface area contributed by atoms with Crippen molar-refractivity contribution >= 4 is 5.97 Å². The molecule has 0 bridgehead atoms. The predicted octanol–water partition coefficient (Wildman–Crippen LogP) is 2.84. The highest BCUT2D eigenvalue weighted by Crippen LogP contribution is 2.36. The molecule has 0 saturated heterocycles. The van der Waals surface area contributed by atoms with E-state index in [0.29, 0.717) is 16.9 Å². The highest BCUT2D eigenvalue weighted by molar-refractivity contribution is 5.86. The molecule has 2 heteroatoms. The van der Waals surface area contributed by atoms with Gasteiger partial charge >= 0.3 is 5.97 Å². The Morgan fingerprint density at radius 2 is 2.15 bits per heavy atom. The van der Waals surface area contributed by atoms with Gasteiger partial charge in [0.25, 0.3) is 0 Å². The molecule has 0 amide bonds. The number of hydrogen-bond donors (Lipinski definition) is 1. The van der Waals surface area contributed by atoms with Gasteiger partial charge in [-0.15, -0.1) is 0 Å². The van der Waals surface area contributed by atoms with Crippen LogP contribution in [0, 0.1) is 11.3 Å². The summed E-state index contributed by atoms with van der Waals surface area (Å²) >= 11 is 0. The average Bonchev–Trinajstić information content (AvgIpc) is 2.03. The Labute approximate surface area is 79.6 Å². The first-order valence-electron chi connectivity index (χ1n) is 4.83. The normalized spacial score (nSPS) is 23.9. The molecule has 0 aromatic rings. The van der Waals surface area contributed by atoms with Gasteiger partial charge in [0.2, 0.25) is 0 Å². The van der Waals surface area contributed by atoms with E-state index in [1.807, 2.05) is 6.08 Å². The van der Waals surface area contributed by atoms with Gasteiger partial charge in [-0.3, -0.25) is 0 Å². The third kappa shape index (κ3) is 2.58. The quantitative estimate of drug-likeness (QED) is 0.677. The van der Waals surface area contributed by atoms with Gasteiger partial charge in [-0.1, -0.05) is 26.8 Å². The number of carboxylic acids is 1. The highest BCUT2D eigenvalue weighted by atomic mass is 16.4. The Hall–Kier alpha value is -0.790. The van der Waals surface area contributed by atoms with Gasteiger partial charge in [-0.05, 0) is 30.6 Å². The summed E-state index contributed by atoms with van der Waals surface area (Å²) in [6.07, 6.45) is 4.56. The molecule has 0 spiro atoms. The second-order valence-corrected chi connectivity index (χ2v) is 4.87. The number of carboxylic acid groups (broad SMARTS) is 1.